The molecule has 2 aromatic rings. The molecule has 0 aromatic heterocycles. The van der Waals surface area contributed by atoms with Crippen LogP contribution in [0.2, 0.25) is 5.02 Å². The zero-order valence-corrected chi connectivity index (χ0v) is 18.7. The van der Waals surface area contributed by atoms with Crippen LogP contribution in [0.3, 0.4) is 0 Å². The first-order valence-electron chi connectivity index (χ1n) is 11.2. The molecule has 2 aromatic carbocycles. The Hall–Kier alpha value is -1.63. The number of alkyl halides is 3. The van der Waals surface area contributed by atoms with Crippen molar-refractivity contribution in [2.24, 2.45) is 11.8 Å². The monoisotopic (exact) mass is 470 g/mol. The molecule has 32 heavy (non-hydrogen) atoms. The zero-order chi connectivity index (χ0) is 22.9. The fourth-order valence-corrected chi connectivity index (χ4v) is 5.05. The van der Waals surface area contributed by atoms with Crippen LogP contribution in [0.4, 0.5) is 17.6 Å². The van der Waals surface area contributed by atoms with Crippen molar-refractivity contribution >= 4 is 11.6 Å². The lowest BCUT2D eigenvalue weighted by Crippen LogP contribution is -2.38. The first kappa shape index (κ1) is 23.5. The summed E-state index contributed by atoms with van der Waals surface area (Å²) in [5, 5.41) is 0.214. The highest BCUT2D eigenvalue weighted by molar-refractivity contribution is 6.33. The number of benzene rings is 2. The first-order valence-corrected chi connectivity index (χ1v) is 11.5. The normalized spacial score (nSPS) is 26.8. The molecule has 4 rings (SSSR count). The van der Waals surface area contributed by atoms with E-state index >= 15 is 0 Å². The quantitative estimate of drug-likeness (QED) is 0.424. The minimum Gasteiger partial charge on any atom is -0.352 e. The highest BCUT2D eigenvalue weighted by atomic mass is 35.5. The number of hydrogen-bond acceptors (Lipinski definition) is 2. The molecule has 0 bridgehead atoms. The SMILES string of the molecule is CCC1COC(C2CCC(c3cc(F)c(-c4ccc(C(F)(F)F)cc4)c(Cl)c3)CC2)OC1. The molecular formula is C25H27ClF4O2. The van der Waals surface area contributed by atoms with Crippen molar-refractivity contribution in [1.29, 1.82) is 0 Å². The molecule has 1 aliphatic heterocycles. The Morgan fingerprint density at radius 1 is 0.969 bits per heavy atom. The molecule has 1 aliphatic carbocycles. The van der Waals surface area contributed by atoms with Crippen molar-refractivity contribution in [2.45, 2.75) is 57.4 Å². The van der Waals surface area contributed by atoms with Crippen LogP contribution in [0.15, 0.2) is 36.4 Å². The molecule has 2 fully saturated rings. The summed E-state index contributed by atoms with van der Waals surface area (Å²) in [5.74, 6) is 0.484. The minimum atomic E-state index is -4.44. The molecular weight excluding hydrogens is 444 g/mol. The molecule has 1 saturated carbocycles. The van der Waals surface area contributed by atoms with Gasteiger partial charge >= 0.3 is 6.18 Å². The van der Waals surface area contributed by atoms with Gasteiger partial charge in [0, 0.05) is 17.4 Å². The van der Waals surface area contributed by atoms with Gasteiger partial charge in [-0.25, -0.2) is 4.39 Å². The van der Waals surface area contributed by atoms with Crippen LogP contribution >= 0.6 is 11.6 Å². The molecule has 2 aliphatic rings. The number of ether oxygens (including phenoxy) is 2. The molecule has 1 saturated heterocycles. The van der Waals surface area contributed by atoms with Gasteiger partial charge in [0.1, 0.15) is 5.82 Å². The highest BCUT2D eigenvalue weighted by Crippen LogP contribution is 2.42. The molecule has 7 heteroatoms. The number of hydrogen-bond donors (Lipinski definition) is 0. The number of rotatable bonds is 4. The Balaban J connectivity index is 1.43. The van der Waals surface area contributed by atoms with Gasteiger partial charge in [0.05, 0.1) is 23.8 Å². The van der Waals surface area contributed by atoms with Gasteiger partial charge in [-0.15, -0.1) is 0 Å². The molecule has 174 valence electrons. The van der Waals surface area contributed by atoms with E-state index in [0.717, 1.165) is 63.0 Å². The van der Waals surface area contributed by atoms with Crippen molar-refractivity contribution in [3.63, 3.8) is 0 Å². The lowest BCUT2D eigenvalue weighted by Gasteiger charge is -2.37. The average Bonchev–Trinajstić information content (AvgIpc) is 2.78. The topological polar surface area (TPSA) is 18.5 Å². The molecule has 0 atom stereocenters. The lowest BCUT2D eigenvalue weighted by molar-refractivity contribution is -0.228. The molecule has 1 heterocycles. The van der Waals surface area contributed by atoms with E-state index in [1.54, 1.807) is 6.07 Å². The van der Waals surface area contributed by atoms with E-state index in [1.165, 1.54) is 18.2 Å². The summed E-state index contributed by atoms with van der Waals surface area (Å²) in [4.78, 5) is 0. The van der Waals surface area contributed by atoms with E-state index in [4.69, 9.17) is 21.1 Å². The average molecular weight is 471 g/mol. The fourth-order valence-electron chi connectivity index (χ4n) is 4.72. The molecule has 0 amide bonds. The molecule has 0 spiro atoms. The van der Waals surface area contributed by atoms with Crippen LogP contribution in [0.1, 0.15) is 56.1 Å². The molecule has 0 radical (unpaired) electrons. The Morgan fingerprint density at radius 3 is 2.12 bits per heavy atom. The second-order valence-electron chi connectivity index (χ2n) is 8.86. The fraction of sp³-hybridized carbons (Fsp3) is 0.520. The van der Waals surface area contributed by atoms with Gasteiger partial charge in [-0.1, -0.05) is 30.7 Å². The lowest BCUT2D eigenvalue weighted by atomic mass is 9.78. The minimum absolute atomic E-state index is 0.132. The van der Waals surface area contributed by atoms with Crippen molar-refractivity contribution in [3.8, 4) is 11.1 Å². The number of halogens is 5. The summed E-state index contributed by atoms with van der Waals surface area (Å²) in [7, 11) is 0. The summed E-state index contributed by atoms with van der Waals surface area (Å²) >= 11 is 6.39. The Kier molecular flexibility index (Phi) is 7.13. The summed E-state index contributed by atoms with van der Waals surface area (Å²) in [6.45, 7) is 3.62. The third kappa shape index (κ3) is 5.13. The molecule has 0 N–H and O–H groups in total. The van der Waals surface area contributed by atoms with Gasteiger partial charge in [-0.3, -0.25) is 0 Å². The van der Waals surface area contributed by atoms with Crippen molar-refractivity contribution in [1.82, 2.24) is 0 Å². The van der Waals surface area contributed by atoms with E-state index in [2.05, 4.69) is 6.92 Å². The van der Waals surface area contributed by atoms with Gasteiger partial charge < -0.3 is 9.47 Å². The third-order valence-corrected chi connectivity index (χ3v) is 7.06. The maximum atomic E-state index is 15.0. The molecule has 2 nitrogen and oxygen atoms in total. The highest BCUT2D eigenvalue weighted by Gasteiger charge is 2.33. The predicted molar refractivity (Wildman–Crippen MR) is 116 cm³/mol. The smallest absolute Gasteiger partial charge is 0.352 e. The van der Waals surface area contributed by atoms with Crippen LogP contribution in [-0.2, 0) is 15.7 Å². The largest absolute Gasteiger partial charge is 0.416 e. The van der Waals surface area contributed by atoms with E-state index in [-0.39, 0.29) is 22.8 Å². The van der Waals surface area contributed by atoms with Crippen LogP contribution < -0.4 is 0 Å². The van der Waals surface area contributed by atoms with Crippen molar-refractivity contribution < 1.29 is 27.0 Å². The maximum Gasteiger partial charge on any atom is 0.416 e. The van der Waals surface area contributed by atoms with Crippen LogP contribution in [0.25, 0.3) is 11.1 Å². The molecule has 0 unspecified atom stereocenters. The standard InChI is InChI=1S/C25H27ClF4O2/c1-2-15-13-31-24(32-14-15)18-5-3-16(4-6-18)19-11-21(26)23(22(27)12-19)17-7-9-20(10-8-17)25(28,29)30/h7-12,15-16,18,24H,2-6,13-14H2,1H3. The third-order valence-electron chi connectivity index (χ3n) is 6.76. The van der Waals surface area contributed by atoms with Gasteiger partial charge in [-0.2, -0.15) is 13.2 Å². The van der Waals surface area contributed by atoms with E-state index in [1.807, 2.05) is 0 Å². The maximum absolute atomic E-state index is 15.0. The predicted octanol–water partition coefficient (Wildman–Crippen LogP) is 7.84. The van der Waals surface area contributed by atoms with E-state index < -0.39 is 17.6 Å². The summed E-state index contributed by atoms with van der Waals surface area (Å²) < 4.78 is 65.2. The van der Waals surface area contributed by atoms with Crippen LogP contribution in [0, 0.1) is 17.7 Å². The van der Waals surface area contributed by atoms with Crippen molar-refractivity contribution in [2.75, 3.05) is 13.2 Å². The Labute approximate surface area is 190 Å². The van der Waals surface area contributed by atoms with Gasteiger partial charge in [0.15, 0.2) is 6.29 Å². The summed E-state index contributed by atoms with van der Waals surface area (Å²) in [6, 6.07) is 7.62. The van der Waals surface area contributed by atoms with E-state index in [0.29, 0.717) is 17.4 Å². The van der Waals surface area contributed by atoms with Gasteiger partial charge in [-0.05, 0) is 73.4 Å². The zero-order valence-electron chi connectivity index (χ0n) is 17.9. The summed E-state index contributed by atoms with van der Waals surface area (Å²) in [5.41, 5.74) is 0.514. The first-order chi connectivity index (χ1) is 15.3. The van der Waals surface area contributed by atoms with E-state index in [9.17, 15) is 17.6 Å². The van der Waals surface area contributed by atoms with Crippen LogP contribution in [0.5, 0.6) is 0 Å². The Bertz CT molecular complexity index is 890. The second-order valence-corrected chi connectivity index (χ2v) is 9.26. The Morgan fingerprint density at radius 2 is 1.59 bits per heavy atom. The van der Waals surface area contributed by atoms with Crippen LogP contribution in [-0.4, -0.2) is 19.5 Å². The van der Waals surface area contributed by atoms with Gasteiger partial charge in [0.2, 0.25) is 0 Å². The van der Waals surface area contributed by atoms with Crippen molar-refractivity contribution in [3.05, 3.63) is 58.4 Å². The summed E-state index contributed by atoms with van der Waals surface area (Å²) in [6.07, 6.45) is 0.114. The second kappa shape index (κ2) is 9.70. The van der Waals surface area contributed by atoms with Gasteiger partial charge in [0.25, 0.3) is 0 Å².